The number of amides is 1. The predicted octanol–water partition coefficient (Wildman–Crippen LogP) is 2.56. The smallest absolute Gasteiger partial charge is 0.260 e. The molecule has 2 N–H and O–H groups in total. The molecule has 0 bridgehead atoms. The van der Waals surface area contributed by atoms with Gasteiger partial charge in [-0.3, -0.25) is 14.7 Å². The van der Waals surface area contributed by atoms with Crippen LogP contribution in [0.3, 0.4) is 0 Å². The molecule has 0 aliphatic carbocycles. The van der Waals surface area contributed by atoms with Crippen LogP contribution in [0, 0.1) is 0 Å². The average Bonchev–Trinajstić information content (AvgIpc) is 2.86. The predicted molar refractivity (Wildman–Crippen MR) is 129 cm³/mol. The Kier molecular flexibility index (Phi) is 6.31. The minimum Gasteiger partial charge on any atom is -0.484 e. The van der Waals surface area contributed by atoms with Crippen molar-refractivity contribution in [1.82, 2.24) is 19.8 Å². The van der Waals surface area contributed by atoms with E-state index in [1.54, 1.807) is 17.3 Å². The van der Waals surface area contributed by atoms with Crippen LogP contribution in [0.15, 0.2) is 41.8 Å². The highest BCUT2D eigenvalue weighted by atomic mass is 19.1. The van der Waals surface area contributed by atoms with Crippen molar-refractivity contribution in [3.63, 3.8) is 0 Å². The molecule has 2 saturated heterocycles. The zero-order valence-corrected chi connectivity index (χ0v) is 20.0. The number of carbonyl (C=O) groups is 1. The Morgan fingerprint density at radius 3 is 2.66 bits per heavy atom. The van der Waals surface area contributed by atoms with E-state index in [1.807, 2.05) is 24.3 Å². The lowest BCUT2D eigenvalue weighted by atomic mass is 9.82. The monoisotopic (exact) mass is 482 g/mol. The number of pyridine rings is 2. The minimum absolute atomic E-state index is 0.189. The Labute approximate surface area is 204 Å². The molecule has 1 amide bonds. The van der Waals surface area contributed by atoms with E-state index in [4.69, 9.17) is 15.3 Å². The summed E-state index contributed by atoms with van der Waals surface area (Å²) in [6.07, 6.45) is 5.49. The molecule has 3 aliphatic heterocycles. The van der Waals surface area contributed by atoms with Gasteiger partial charge in [-0.15, -0.1) is 0 Å². The molecule has 2 aromatic heterocycles. The van der Waals surface area contributed by atoms with Gasteiger partial charge >= 0.3 is 0 Å². The molecule has 5 heterocycles. The summed E-state index contributed by atoms with van der Waals surface area (Å²) in [7, 11) is 1.51. The maximum Gasteiger partial charge on any atom is 0.260 e. The third-order valence-electron chi connectivity index (χ3n) is 7.31. The summed E-state index contributed by atoms with van der Waals surface area (Å²) in [5.74, 6) is 0.739. The van der Waals surface area contributed by atoms with Gasteiger partial charge < -0.3 is 20.2 Å². The molecule has 2 fully saturated rings. The third-order valence-corrected chi connectivity index (χ3v) is 7.31. The van der Waals surface area contributed by atoms with Gasteiger partial charge in [0.1, 0.15) is 35.7 Å². The van der Waals surface area contributed by atoms with Gasteiger partial charge in [0, 0.05) is 77.2 Å². The Morgan fingerprint density at radius 1 is 1.17 bits per heavy atom. The summed E-state index contributed by atoms with van der Waals surface area (Å²) >= 11 is 0. The van der Waals surface area contributed by atoms with Crippen molar-refractivity contribution in [1.29, 1.82) is 0 Å². The number of alkyl halides is 1. The van der Waals surface area contributed by atoms with Crippen LogP contribution in [-0.4, -0.2) is 75.9 Å². The van der Waals surface area contributed by atoms with E-state index in [9.17, 15) is 4.79 Å². The van der Waals surface area contributed by atoms with Gasteiger partial charge in [0.05, 0.1) is 0 Å². The molecule has 186 valence electrons. The molecule has 9 nitrogen and oxygen atoms in total. The van der Waals surface area contributed by atoms with E-state index >= 15 is 4.39 Å². The van der Waals surface area contributed by atoms with Gasteiger partial charge in [0.25, 0.3) is 5.91 Å². The molecule has 3 aliphatic rings. The molecule has 10 heteroatoms. The SMILES string of the molecule is CO/N=C1/CC2(CCN(C(=O)C3(F)CCN(Cc4ccnc(N)c4)CC3)CC2)Oc2cccnc21. The number of halogens is 1. The third kappa shape index (κ3) is 4.80. The van der Waals surface area contributed by atoms with Crippen LogP contribution in [0.2, 0.25) is 0 Å². The maximum atomic E-state index is 15.8. The lowest BCUT2D eigenvalue weighted by Gasteiger charge is -2.46. The number of oxime groups is 1. The Hall–Kier alpha value is -3.27. The molecule has 0 saturated carbocycles. The number of nitrogens with two attached hydrogens (primary N) is 1. The Bertz CT molecular complexity index is 1110. The van der Waals surface area contributed by atoms with Crippen molar-refractivity contribution in [3.8, 4) is 5.75 Å². The van der Waals surface area contributed by atoms with Crippen molar-refractivity contribution < 1.29 is 18.8 Å². The first kappa shape index (κ1) is 23.5. The maximum absolute atomic E-state index is 15.8. The van der Waals surface area contributed by atoms with E-state index < -0.39 is 17.2 Å². The molecular formula is C25H31FN6O3. The molecule has 35 heavy (non-hydrogen) atoms. The second kappa shape index (κ2) is 9.41. The fraction of sp³-hybridized carbons (Fsp3) is 0.520. The molecule has 0 atom stereocenters. The van der Waals surface area contributed by atoms with Crippen molar-refractivity contribution in [2.45, 2.75) is 49.9 Å². The molecule has 1 spiro atoms. The number of nitrogens with zero attached hydrogens (tertiary/aromatic N) is 5. The van der Waals surface area contributed by atoms with Gasteiger partial charge in [-0.1, -0.05) is 5.16 Å². The average molecular weight is 483 g/mol. The number of anilines is 1. The van der Waals surface area contributed by atoms with E-state index in [-0.39, 0.29) is 12.8 Å². The van der Waals surface area contributed by atoms with Gasteiger partial charge in [-0.05, 0) is 29.8 Å². The Balaban J connectivity index is 1.19. The quantitative estimate of drug-likeness (QED) is 0.668. The number of hydrogen-bond donors (Lipinski definition) is 1. The number of fused-ring (bicyclic) bond motifs is 1. The topological polar surface area (TPSA) is 106 Å². The zero-order valence-electron chi connectivity index (χ0n) is 20.0. The van der Waals surface area contributed by atoms with E-state index in [2.05, 4.69) is 20.0 Å². The lowest BCUT2D eigenvalue weighted by Crippen LogP contribution is -2.57. The second-order valence-corrected chi connectivity index (χ2v) is 9.66. The summed E-state index contributed by atoms with van der Waals surface area (Å²) in [6, 6.07) is 7.43. The highest BCUT2D eigenvalue weighted by Gasteiger charge is 2.48. The van der Waals surface area contributed by atoms with E-state index in [1.165, 1.54) is 7.11 Å². The van der Waals surface area contributed by atoms with Crippen molar-refractivity contribution in [3.05, 3.63) is 47.9 Å². The normalized spacial score (nSPS) is 22.5. The number of ether oxygens (including phenoxy) is 1. The first-order valence-electron chi connectivity index (χ1n) is 12.1. The molecule has 0 unspecified atom stereocenters. The lowest BCUT2D eigenvalue weighted by molar-refractivity contribution is -0.151. The van der Waals surface area contributed by atoms with E-state index in [0.717, 1.165) is 11.3 Å². The Morgan fingerprint density at radius 2 is 1.94 bits per heavy atom. The van der Waals surface area contributed by atoms with Crippen LogP contribution in [0.5, 0.6) is 5.75 Å². The number of likely N-dealkylation sites (tertiary alicyclic amines) is 2. The molecule has 0 aromatic carbocycles. The van der Waals surface area contributed by atoms with Gasteiger partial charge in [0.2, 0.25) is 0 Å². The van der Waals surface area contributed by atoms with Gasteiger partial charge in [-0.2, -0.15) is 0 Å². The number of carbonyl (C=O) groups excluding carboxylic acids is 1. The number of hydrogen-bond acceptors (Lipinski definition) is 8. The van der Waals surface area contributed by atoms with Gasteiger partial charge in [0.15, 0.2) is 5.67 Å². The summed E-state index contributed by atoms with van der Waals surface area (Å²) < 4.78 is 22.2. The number of rotatable bonds is 4. The highest BCUT2D eigenvalue weighted by molar-refractivity contribution is 6.02. The highest BCUT2D eigenvalue weighted by Crippen LogP contribution is 2.40. The van der Waals surface area contributed by atoms with E-state index in [0.29, 0.717) is 69.2 Å². The van der Waals surface area contributed by atoms with Crippen LogP contribution >= 0.6 is 0 Å². The molecular weight excluding hydrogens is 451 g/mol. The standard InChI is InChI=1S/C25H31FN6O3/c1-34-30-19-16-24(35-20-3-2-9-29-22(19)20)5-13-32(14-6-24)23(33)25(26)7-11-31(12-8-25)17-18-4-10-28-21(27)15-18/h2-4,9-10,15H,5-8,11-14,16-17H2,1H3,(H2,27,28)/b30-19-. The number of nitrogen functional groups attached to an aromatic ring is 1. The largest absolute Gasteiger partial charge is 0.484 e. The van der Waals surface area contributed by atoms with Crippen LogP contribution in [0.1, 0.15) is 43.4 Å². The molecule has 2 aromatic rings. The summed E-state index contributed by atoms with van der Waals surface area (Å²) in [5.41, 5.74) is 5.89. The van der Waals surface area contributed by atoms with Crippen molar-refractivity contribution >= 4 is 17.4 Å². The summed E-state index contributed by atoms with van der Waals surface area (Å²) in [4.78, 5) is 30.5. The fourth-order valence-corrected chi connectivity index (χ4v) is 5.34. The molecule has 0 radical (unpaired) electrons. The van der Waals surface area contributed by atoms with Gasteiger partial charge in [-0.25, -0.2) is 9.37 Å². The van der Waals surface area contributed by atoms with Crippen molar-refractivity contribution in [2.24, 2.45) is 5.16 Å². The van der Waals surface area contributed by atoms with Crippen LogP contribution < -0.4 is 10.5 Å². The first-order valence-corrected chi connectivity index (χ1v) is 12.1. The molecule has 5 rings (SSSR count). The minimum atomic E-state index is -1.83. The van der Waals surface area contributed by atoms with Crippen molar-refractivity contribution in [2.75, 3.05) is 39.0 Å². The van der Waals surface area contributed by atoms with Crippen LogP contribution in [0.4, 0.5) is 10.2 Å². The second-order valence-electron chi connectivity index (χ2n) is 9.66. The number of piperidine rings is 2. The number of aromatic nitrogens is 2. The van der Waals surface area contributed by atoms with Crippen LogP contribution in [0.25, 0.3) is 0 Å². The first-order chi connectivity index (χ1) is 16.9. The summed E-state index contributed by atoms with van der Waals surface area (Å²) in [5, 5.41) is 4.17. The van der Waals surface area contributed by atoms with Crippen LogP contribution in [-0.2, 0) is 16.2 Å². The fourth-order valence-electron chi connectivity index (χ4n) is 5.34. The zero-order chi connectivity index (χ0) is 24.5. The summed E-state index contributed by atoms with van der Waals surface area (Å²) in [6.45, 7) is 2.60.